The Hall–Kier alpha value is -1.35. The molecule has 94 valence electrons. The van der Waals surface area contributed by atoms with E-state index in [4.69, 9.17) is 0 Å². The van der Waals surface area contributed by atoms with E-state index in [9.17, 15) is 0 Å². The maximum Gasteiger partial charge on any atom is 0.128 e. The van der Waals surface area contributed by atoms with E-state index in [0.717, 1.165) is 25.5 Å². The van der Waals surface area contributed by atoms with Gasteiger partial charge < -0.3 is 10.2 Å². The third-order valence-electron chi connectivity index (χ3n) is 2.63. The Kier molecular flexibility index (Phi) is 5.70. The first-order chi connectivity index (χ1) is 8.19. The molecule has 0 atom stereocenters. The van der Waals surface area contributed by atoms with Crippen LogP contribution in [0.3, 0.4) is 0 Å². The van der Waals surface area contributed by atoms with Crippen LogP contribution >= 0.6 is 0 Å². The van der Waals surface area contributed by atoms with Crippen molar-refractivity contribution in [1.29, 1.82) is 0 Å². The molecule has 0 amide bonds. The van der Waals surface area contributed by atoms with Crippen LogP contribution in [0, 0.1) is 0 Å². The molecular formula is C14H23N3. The third-order valence-corrected chi connectivity index (χ3v) is 2.63. The van der Waals surface area contributed by atoms with Crippen molar-refractivity contribution < 1.29 is 0 Å². The second-order valence-corrected chi connectivity index (χ2v) is 4.34. The van der Waals surface area contributed by atoms with Gasteiger partial charge in [-0.2, -0.15) is 0 Å². The maximum absolute atomic E-state index is 4.51. The molecule has 0 aromatic carbocycles. The average molecular weight is 233 g/mol. The van der Waals surface area contributed by atoms with Gasteiger partial charge in [-0.15, -0.1) is 6.58 Å². The molecule has 0 saturated carbocycles. The van der Waals surface area contributed by atoms with Gasteiger partial charge in [0.05, 0.1) is 0 Å². The Morgan fingerprint density at radius 1 is 1.47 bits per heavy atom. The minimum Gasteiger partial charge on any atom is -0.350 e. The number of nitrogens with zero attached hydrogens (tertiary/aromatic N) is 2. The SMILES string of the molecule is C=CCN(c1ccc(CNCC)cn1)C(C)C. The van der Waals surface area contributed by atoms with Crippen molar-refractivity contribution in [2.75, 3.05) is 18.0 Å². The Balaban J connectivity index is 2.73. The number of aromatic nitrogens is 1. The maximum atomic E-state index is 4.51. The van der Waals surface area contributed by atoms with Crippen molar-refractivity contribution in [3.05, 3.63) is 36.5 Å². The van der Waals surface area contributed by atoms with Crippen LogP contribution in [0.25, 0.3) is 0 Å². The molecule has 0 aliphatic rings. The summed E-state index contributed by atoms with van der Waals surface area (Å²) in [6.45, 7) is 12.9. The summed E-state index contributed by atoms with van der Waals surface area (Å²) in [7, 11) is 0. The first-order valence-corrected chi connectivity index (χ1v) is 6.22. The lowest BCUT2D eigenvalue weighted by molar-refractivity contribution is 0.705. The van der Waals surface area contributed by atoms with E-state index in [1.165, 1.54) is 5.56 Å². The van der Waals surface area contributed by atoms with Gasteiger partial charge in [0.1, 0.15) is 5.82 Å². The van der Waals surface area contributed by atoms with Crippen LogP contribution < -0.4 is 10.2 Å². The van der Waals surface area contributed by atoms with Crippen molar-refractivity contribution in [3.8, 4) is 0 Å². The number of pyridine rings is 1. The Morgan fingerprint density at radius 2 is 2.24 bits per heavy atom. The summed E-state index contributed by atoms with van der Waals surface area (Å²) in [6, 6.07) is 4.64. The molecule has 0 saturated heterocycles. The monoisotopic (exact) mass is 233 g/mol. The van der Waals surface area contributed by atoms with E-state index in [1.54, 1.807) is 0 Å². The number of nitrogens with one attached hydrogen (secondary N) is 1. The molecule has 3 nitrogen and oxygen atoms in total. The lowest BCUT2D eigenvalue weighted by atomic mass is 10.2. The minimum atomic E-state index is 0.431. The zero-order valence-corrected chi connectivity index (χ0v) is 11.1. The molecule has 1 aromatic rings. The van der Waals surface area contributed by atoms with Crippen molar-refractivity contribution in [2.45, 2.75) is 33.4 Å². The van der Waals surface area contributed by atoms with E-state index in [0.29, 0.717) is 6.04 Å². The highest BCUT2D eigenvalue weighted by atomic mass is 15.2. The van der Waals surface area contributed by atoms with E-state index in [-0.39, 0.29) is 0 Å². The second kappa shape index (κ2) is 7.07. The average Bonchev–Trinajstić information content (AvgIpc) is 2.34. The number of rotatable bonds is 7. The molecule has 0 bridgehead atoms. The lowest BCUT2D eigenvalue weighted by Gasteiger charge is -2.26. The van der Waals surface area contributed by atoms with Crippen LogP contribution in [0.2, 0.25) is 0 Å². The molecule has 17 heavy (non-hydrogen) atoms. The fourth-order valence-electron chi connectivity index (χ4n) is 1.67. The van der Waals surface area contributed by atoms with Crippen molar-refractivity contribution >= 4 is 5.82 Å². The lowest BCUT2D eigenvalue weighted by Crippen LogP contribution is -2.31. The Morgan fingerprint density at radius 3 is 2.71 bits per heavy atom. The summed E-state index contributed by atoms with van der Waals surface area (Å²) in [5, 5.41) is 3.29. The van der Waals surface area contributed by atoms with E-state index in [2.05, 4.69) is 54.7 Å². The Bertz CT molecular complexity index is 330. The predicted molar refractivity (Wildman–Crippen MR) is 74.3 cm³/mol. The van der Waals surface area contributed by atoms with E-state index < -0.39 is 0 Å². The van der Waals surface area contributed by atoms with Crippen LogP contribution in [0.15, 0.2) is 31.0 Å². The van der Waals surface area contributed by atoms with Crippen LogP contribution in [0.5, 0.6) is 0 Å². The van der Waals surface area contributed by atoms with Gasteiger partial charge in [0.25, 0.3) is 0 Å². The minimum absolute atomic E-state index is 0.431. The third kappa shape index (κ3) is 4.19. The topological polar surface area (TPSA) is 28.2 Å². The fourth-order valence-corrected chi connectivity index (χ4v) is 1.67. The zero-order valence-electron chi connectivity index (χ0n) is 11.1. The largest absolute Gasteiger partial charge is 0.350 e. The van der Waals surface area contributed by atoms with Crippen LogP contribution in [-0.2, 0) is 6.54 Å². The highest BCUT2D eigenvalue weighted by molar-refractivity contribution is 5.41. The predicted octanol–water partition coefficient (Wildman–Crippen LogP) is 2.59. The number of hydrogen-bond acceptors (Lipinski definition) is 3. The van der Waals surface area contributed by atoms with Gasteiger partial charge in [0.15, 0.2) is 0 Å². The molecule has 1 aromatic heterocycles. The summed E-state index contributed by atoms with van der Waals surface area (Å²) in [5.74, 6) is 1.01. The van der Waals surface area contributed by atoms with Gasteiger partial charge in [-0.1, -0.05) is 19.1 Å². The van der Waals surface area contributed by atoms with Crippen LogP contribution in [0.4, 0.5) is 5.82 Å². The fraction of sp³-hybridized carbons (Fsp3) is 0.500. The van der Waals surface area contributed by atoms with Crippen molar-refractivity contribution in [3.63, 3.8) is 0 Å². The quantitative estimate of drug-likeness (QED) is 0.734. The van der Waals surface area contributed by atoms with Crippen molar-refractivity contribution in [1.82, 2.24) is 10.3 Å². The Labute approximate surface area is 105 Å². The van der Waals surface area contributed by atoms with E-state index in [1.807, 2.05) is 12.3 Å². The van der Waals surface area contributed by atoms with Gasteiger partial charge >= 0.3 is 0 Å². The first-order valence-electron chi connectivity index (χ1n) is 6.22. The van der Waals surface area contributed by atoms with E-state index >= 15 is 0 Å². The highest BCUT2D eigenvalue weighted by Crippen LogP contribution is 2.14. The molecule has 1 N–H and O–H groups in total. The summed E-state index contributed by atoms with van der Waals surface area (Å²) < 4.78 is 0. The summed E-state index contributed by atoms with van der Waals surface area (Å²) in [5.41, 5.74) is 1.22. The highest BCUT2D eigenvalue weighted by Gasteiger charge is 2.09. The smallest absolute Gasteiger partial charge is 0.128 e. The van der Waals surface area contributed by atoms with Gasteiger partial charge in [-0.3, -0.25) is 0 Å². The summed E-state index contributed by atoms with van der Waals surface area (Å²) >= 11 is 0. The molecular weight excluding hydrogens is 210 g/mol. The van der Waals surface area contributed by atoms with Gasteiger partial charge in [0.2, 0.25) is 0 Å². The van der Waals surface area contributed by atoms with Crippen LogP contribution in [-0.4, -0.2) is 24.1 Å². The number of anilines is 1. The van der Waals surface area contributed by atoms with Crippen molar-refractivity contribution in [2.24, 2.45) is 0 Å². The van der Waals surface area contributed by atoms with Gasteiger partial charge in [0, 0.05) is 25.3 Å². The van der Waals surface area contributed by atoms with Gasteiger partial charge in [-0.05, 0) is 32.0 Å². The molecule has 0 aliphatic heterocycles. The molecule has 0 fully saturated rings. The summed E-state index contributed by atoms with van der Waals surface area (Å²) in [4.78, 5) is 6.74. The molecule has 0 unspecified atom stereocenters. The zero-order chi connectivity index (χ0) is 12.7. The molecule has 0 aliphatic carbocycles. The first kappa shape index (κ1) is 13.7. The normalized spacial score (nSPS) is 10.6. The molecule has 1 heterocycles. The van der Waals surface area contributed by atoms with Crippen LogP contribution in [0.1, 0.15) is 26.3 Å². The second-order valence-electron chi connectivity index (χ2n) is 4.34. The summed E-state index contributed by atoms with van der Waals surface area (Å²) in [6.07, 6.45) is 3.85. The molecule has 3 heteroatoms. The standard InChI is InChI=1S/C14H23N3/c1-5-9-17(12(3)4)14-8-7-13(11-16-14)10-15-6-2/h5,7-8,11-12,15H,1,6,9-10H2,2-4H3. The molecule has 0 radical (unpaired) electrons. The number of hydrogen-bond donors (Lipinski definition) is 1. The van der Waals surface area contributed by atoms with Gasteiger partial charge in [-0.25, -0.2) is 4.98 Å². The molecule has 0 spiro atoms. The molecule has 1 rings (SSSR count).